The number of halogens is 1. The van der Waals surface area contributed by atoms with E-state index in [2.05, 4.69) is 6.58 Å². The van der Waals surface area contributed by atoms with E-state index in [4.69, 9.17) is 11.6 Å². The van der Waals surface area contributed by atoms with Crippen molar-refractivity contribution in [2.24, 2.45) is 0 Å². The number of hydrogen-bond donors (Lipinski definition) is 0. The van der Waals surface area contributed by atoms with Crippen LogP contribution in [0.3, 0.4) is 0 Å². The van der Waals surface area contributed by atoms with Crippen molar-refractivity contribution in [2.45, 2.75) is 13.8 Å². The third-order valence-electron chi connectivity index (χ3n) is 1.24. The lowest BCUT2D eigenvalue weighted by Crippen LogP contribution is -2.01. The van der Waals surface area contributed by atoms with E-state index in [-0.39, 0.29) is 0 Å². The summed E-state index contributed by atoms with van der Waals surface area (Å²) in [7, 11) is 1.86. The predicted octanol–water partition coefficient (Wildman–Crippen LogP) is 2.38. The van der Waals surface area contributed by atoms with Crippen molar-refractivity contribution >= 4 is 17.8 Å². The van der Waals surface area contributed by atoms with Gasteiger partial charge in [-0.2, -0.15) is 4.58 Å². The summed E-state index contributed by atoms with van der Waals surface area (Å²) in [5, 5.41) is 0.529. The minimum atomic E-state index is 0.529. The minimum Gasteiger partial charge on any atom is -0.192 e. The van der Waals surface area contributed by atoms with Crippen LogP contribution in [0.4, 0.5) is 0 Å². The third kappa shape index (κ3) is 3.46. The molecule has 0 spiro atoms. The maximum atomic E-state index is 5.60. The highest BCUT2D eigenvalue weighted by Crippen LogP contribution is 1.96. The molecule has 0 atom stereocenters. The Balaban J connectivity index is 4.31. The van der Waals surface area contributed by atoms with Gasteiger partial charge in [-0.1, -0.05) is 6.08 Å². The summed E-state index contributed by atoms with van der Waals surface area (Å²) >= 11 is 5.60. The summed E-state index contributed by atoms with van der Waals surface area (Å²) < 4.78 is 1.77. The third-order valence-corrected chi connectivity index (χ3v) is 1.50. The van der Waals surface area contributed by atoms with Crippen LogP contribution in [0.1, 0.15) is 13.8 Å². The van der Waals surface area contributed by atoms with Crippen molar-refractivity contribution in [3.8, 4) is 0 Å². The van der Waals surface area contributed by atoms with Gasteiger partial charge in [-0.3, -0.25) is 0 Å². The highest BCUT2D eigenvalue weighted by atomic mass is 35.5. The van der Waals surface area contributed by atoms with Crippen LogP contribution in [0.5, 0.6) is 0 Å². The number of allylic oxidation sites excluding steroid dienone is 2. The van der Waals surface area contributed by atoms with Crippen LogP contribution in [0, 0.1) is 0 Å². The van der Waals surface area contributed by atoms with E-state index >= 15 is 0 Å². The first-order valence-electron chi connectivity index (χ1n) is 3.13. The summed E-state index contributed by atoms with van der Waals surface area (Å²) in [4.78, 5) is 0. The Bertz CT molecular complexity index is 189. The quantitative estimate of drug-likeness (QED) is 0.330. The highest BCUT2D eigenvalue weighted by molar-refractivity contribution is 6.27. The van der Waals surface area contributed by atoms with Crippen molar-refractivity contribution in [1.82, 2.24) is 0 Å². The molecule has 0 unspecified atom stereocenters. The van der Waals surface area contributed by atoms with Gasteiger partial charge < -0.3 is 0 Å². The van der Waals surface area contributed by atoms with Crippen LogP contribution in [-0.4, -0.2) is 17.8 Å². The first kappa shape index (κ1) is 9.44. The molecule has 1 nitrogen and oxygen atoms in total. The Morgan fingerprint density at radius 2 is 2.10 bits per heavy atom. The molecule has 0 saturated heterocycles. The molecular weight excluding hydrogens is 146 g/mol. The lowest BCUT2D eigenvalue weighted by molar-refractivity contribution is -0.425. The van der Waals surface area contributed by atoms with Crippen molar-refractivity contribution < 1.29 is 4.58 Å². The van der Waals surface area contributed by atoms with Gasteiger partial charge in [0.05, 0.1) is 0 Å². The van der Waals surface area contributed by atoms with Crippen molar-refractivity contribution in [3.63, 3.8) is 0 Å². The lowest BCUT2D eigenvalue weighted by atomic mass is 10.3. The van der Waals surface area contributed by atoms with Crippen LogP contribution in [0.2, 0.25) is 0 Å². The van der Waals surface area contributed by atoms with Gasteiger partial charge in [0.1, 0.15) is 7.05 Å². The first-order chi connectivity index (χ1) is 4.57. The Kier molecular flexibility index (Phi) is 4.05. The second-order valence-corrected chi connectivity index (χ2v) is 2.59. The molecule has 0 aromatic rings. The molecule has 0 aliphatic rings. The zero-order valence-corrected chi connectivity index (χ0v) is 7.44. The fourth-order valence-electron chi connectivity index (χ4n) is 0.450. The van der Waals surface area contributed by atoms with Gasteiger partial charge in [0.15, 0.2) is 6.21 Å². The Labute approximate surface area is 67.3 Å². The maximum Gasteiger partial charge on any atom is 0.267 e. The average molecular weight is 159 g/mol. The van der Waals surface area contributed by atoms with Crippen LogP contribution in [-0.2, 0) is 0 Å². The van der Waals surface area contributed by atoms with Crippen molar-refractivity contribution in [3.05, 3.63) is 23.4 Å². The molecule has 10 heavy (non-hydrogen) atoms. The predicted molar refractivity (Wildman–Crippen MR) is 46.7 cm³/mol. The van der Waals surface area contributed by atoms with Crippen LogP contribution in [0.15, 0.2) is 23.4 Å². The Morgan fingerprint density at radius 1 is 1.60 bits per heavy atom. The second kappa shape index (κ2) is 4.29. The van der Waals surface area contributed by atoms with Gasteiger partial charge in [-0.05, 0) is 32.0 Å². The van der Waals surface area contributed by atoms with Crippen molar-refractivity contribution in [2.75, 3.05) is 7.05 Å². The zero-order chi connectivity index (χ0) is 8.15. The minimum absolute atomic E-state index is 0.529. The van der Waals surface area contributed by atoms with Gasteiger partial charge in [0, 0.05) is 5.57 Å². The monoisotopic (exact) mass is 158 g/mol. The summed E-state index contributed by atoms with van der Waals surface area (Å²) in [6.07, 6.45) is 3.94. The van der Waals surface area contributed by atoms with Crippen LogP contribution >= 0.6 is 11.6 Å². The van der Waals surface area contributed by atoms with Gasteiger partial charge in [0.2, 0.25) is 0 Å². The highest BCUT2D eigenvalue weighted by Gasteiger charge is 1.97. The Hall–Kier alpha value is -0.560. The summed E-state index contributed by atoms with van der Waals surface area (Å²) in [5.41, 5.74) is 1.17. The fourth-order valence-corrected chi connectivity index (χ4v) is 0.499. The average Bonchev–Trinajstić information content (AvgIpc) is 1.87. The topological polar surface area (TPSA) is 3.01 Å². The van der Waals surface area contributed by atoms with Gasteiger partial charge in [0.25, 0.3) is 5.16 Å². The smallest absolute Gasteiger partial charge is 0.192 e. The van der Waals surface area contributed by atoms with E-state index in [9.17, 15) is 0 Å². The summed E-state index contributed by atoms with van der Waals surface area (Å²) in [6.45, 7) is 7.57. The maximum absolute atomic E-state index is 5.60. The summed E-state index contributed by atoms with van der Waals surface area (Å²) in [6, 6.07) is 0. The number of hydrogen-bond acceptors (Lipinski definition) is 0. The molecule has 0 N–H and O–H groups in total. The molecule has 0 aliphatic carbocycles. The van der Waals surface area contributed by atoms with Crippen LogP contribution in [0.25, 0.3) is 0 Å². The molecule has 0 aliphatic heterocycles. The van der Waals surface area contributed by atoms with Crippen molar-refractivity contribution in [1.29, 1.82) is 0 Å². The molecule has 0 amide bonds. The first-order valence-corrected chi connectivity index (χ1v) is 3.50. The second-order valence-electron chi connectivity index (χ2n) is 2.15. The van der Waals surface area contributed by atoms with E-state index < -0.39 is 0 Å². The van der Waals surface area contributed by atoms with E-state index in [1.54, 1.807) is 4.58 Å². The van der Waals surface area contributed by atoms with E-state index in [1.807, 2.05) is 33.2 Å². The number of nitrogens with zero attached hydrogens (tertiary/aromatic N) is 1. The van der Waals surface area contributed by atoms with Gasteiger partial charge in [-0.15, -0.1) is 0 Å². The van der Waals surface area contributed by atoms with Crippen LogP contribution < -0.4 is 0 Å². The summed E-state index contributed by atoms with van der Waals surface area (Å²) in [5.74, 6) is 0. The number of rotatable bonds is 2. The molecule has 2 heteroatoms. The normalized spacial score (nSPS) is 13.6. The van der Waals surface area contributed by atoms with E-state index in [1.165, 1.54) is 5.57 Å². The molecule has 56 valence electrons. The molecule has 0 radical (unpaired) electrons. The van der Waals surface area contributed by atoms with E-state index in [0.717, 1.165) is 0 Å². The zero-order valence-electron chi connectivity index (χ0n) is 6.69. The largest absolute Gasteiger partial charge is 0.267 e. The molecule has 0 aromatic heterocycles. The molecular formula is C8H13ClN+. The fraction of sp³-hybridized carbons (Fsp3) is 0.375. The molecule has 0 aromatic carbocycles. The Morgan fingerprint density at radius 3 is 2.40 bits per heavy atom. The molecule has 0 fully saturated rings. The SMILES string of the molecule is C=C(Cl)[N+](C)=CC(C)=CC. The molecule has 0 bridgehead atoms. The standard InChI is InChI=1S/C8H13ClN/c1-5-7(2)6-10(4)8(3)9/h5-6H,3H2,1-2,4H3/q+1. The van der Waals surface area contributed by atoms with Gasteiger partial charge >= 0.3 is 0 Å². The molecule has 0 rings (SSSR count). The lowest BCUT2D eigenvalue weighted by Gasteiger charge is -1.89. The van der Waals surface area contributed by atoms with E-state index in [0.29, 0.717) is 5.16 Å². The molecule has 0 heterocycles. The van der Waals surface area contributed by atoms with Gasteiger partial charge in [-0.25, -0.2) is 0 Å². The molecule has 0 saturated carbocycles.